The highest BCUT2D eigenvalue weighted by molar-refractivity contribution is 9.10. The Balaban J connectivity index is 2.10. The molecule has 3 heteroatoms. The lowest BCUT2D eigenvalue weighted by molar-refractivity contribution is 0.419. The first kappa shape index (κ1) is 17.6. The van der Waals surface area contributed by atoms with Crippen LogP contribution in [0.5, 0.6) is 5.75 Å². The highest BCUT2D eigenvalue weighted by Crippen LogP contribution is 2.33. The molecule has 25 heavy (non-hydrogen) atoms. The molecule has 3 rings (SSSR count). The van der Waals surface area contributed by atoms with Gasteiger partial charge >= 0.3 is 0 Å². The smallest absolute Gasteiger partial charge is 0.126 e. The summed E-state index contributed by atoms with van der Waals surface area (Å²) in [5.74, 6) is 0.915. The fraction of sp³-hybridized carbons (Fsp3) is 0.182. The Morgan fingerprint density at radius 2 is 1.64 bits per heavy atom. The minimum Gasteiger partial charge on any atom is -0.496 e. The van der Waals surface area contributed by atoms with Crippen molar-refractivity contribution in [2.75, 3.05) is 21.2 Å². The van der Waals surface area contributed by atoms with E-state index in [1.165, 1.54) is 22.1 Å². The average molecular weight is 396 g/mol. The van der Waals surface area contributed by atoms with E-state index in [1.54, 1.807) is 7.11 Å². The van der Waals surface area contributed by atoms with Crippen molar-refractivity contribution in [2.24, 2.45) is 0 Å². The van der Waals surface area contributed by atoms with Crippen LogP contribution in [0.15, 0.2) is 71.3 Å². The Kier molecular flexibility index (Phi) is 5.44. The number of hydrogen-bond acceptors (Lipinski definition) is 2. The van der Waals surface area contributed by atoms with Gasteiger partial charge < -0.3 is 9.64 Å². The molecule has 0 unspecified atom stereocenters. The van der Waals surface area contributed by atoms with Crippen molar-refractivity contribution in [3.8, 4) is 5.75 Å². The second kappa shape index (κ2) is 7.75. The maximum atomic E-state index is 5.53. The summed E-state index contributed by atoms with van der Waals surface area (Å²) in [4.78, 5) is 2.10. The third-order valence-electron chi connectivity index (χ3n) is 4.21. The number of benzene rings is 3. The number of rotatable bonds is 5. The van der Waals surface area contributed by atoms with Crippen LogP contribution in [0.2, 0.25) is 0 Å². The lowest BCUT2D eigenvalue weighted by Gasteiger charge is -2.16. The van der Waals surface area contributed by atoms with Crippen LogP contribution in [0.1, 0.15) is 11.1 Å². The maximum absolute atomic E-state index is 5.53. The molecule has 0 aliphatic carbocycles. The van der Waals surface area contributed by atoms with Gasteiger partial charge in [0.25, 0.3) is 0 Å². The number of fused-ring (bicyclic) bond motifs is 1. The third-order valence-corrected chi connectivity index (χ3v) is 4.90. The molecule has 0 spiro atoms. The number of halogens is 1. The fourth-order valence-corrected chi connectivity index (χ4v) is 3.65. The molecule has 0 saturated heterocycles. The molecule has 0 aliphatic rings. The summed E-state index contributed by atoms with van der Waals surface area (Å²) in [5, 5.41) is 2.39. The van der Waals surface area contributed by atoms with Gasteiger partial charge in [0.1, 0.15) is 5.75 Å². The third kappa shape index (κ3) is 3.88. The molecule has 3 aromatic carbocycles. The molecule has 2 nitrogen and oxygen atoms in total. The van der Waals surface area contributed by atoms with Gasteiger partial charge in [0.15, 0.2) is 0 Å². The van der Waals surface area contributed by atoms with Gasteiger partial charge in [-0.05, 0) is 34.2 Å². The quantitative estimate of drug-likeness (QED) is 0.544. The Bertz CT molecular complexity index is 915. The molecule has 0 bridgehead atoms. The molecule has 0 N–H and O–H groups in total. The highest BCUT2D eigenvalue weighted by Gasteiger charge is 2.11. The molecule has 0 heterocycles. The molecule has 3 aromatic rings. The zero-order valence-corrected chi connectivity index (χ0v) is 16.4. The molecule has 0 amide bonds. The predicted octanol–water partition coefficient (Wildman–Crippen LogP) is 5.76. The zero-order valence-electron chi connectivity index (χ0n) is 14.8. The van der Waals surface area contributed by atoms with Crippen LogP contribution in [-0.2, 0) is 6.42 Å². The highest BCUT2D eigenvalue weighted by atomic mass is 79.9. The number of methoxy groups -OCH3 is 1. The largest absolute Gasteiger partial charge is 0.496 e. The van der Waals surface area contributed by atoms with Gasteiger partial charge in [0.2, 0.25) is 0 Å². The molecular formula is C22H22BrNO. The summed E-state index contributed by atoms with van der Waals surface area (Å²) in [6, 6.07) is 21.0. The van der Waals surface area contributed by atoms with Gasteiger partial charge in [-0.25, -0.2) is 0 Å². The van der Waals surface area contributed by atoms with Crippen molar-refractivity contribution >= 4 is 32.3 Å². The summed E-state index contributed by atoms with van der Waals surface area (Å²) < 4.78 is 6.64. The lowest BCUT2D eigenvalue weighted by atomic mass is 9.94. The molecular weight excluding hydrogens is 374 g/mol. The Morgan fingerprint density at radius 1 is 0.960 bits per heavy atom. The average Bonchev–Trinajstić information content (AvgIpc) is 2.61. The normalized spacial score (nSPS) is 11.6. The van der Waals surface area contributed by atoms with E-state index in [-0.39, 0.29) is 0 Å². The van der Waals surface area contributed by atoms with Crippen LogP contribution in [0.4, 0.5) is 0 Å². The van der Waals surface area contributed by atoms with E-state index in [9.17, 15) is 0 Å². The Labute approximate surface area is 157 Å². The first-order valence-electron chi connectivity index (χ1n) is 8.27. The van der Waals surface area contributed by atoms with Crippen LogP contribution in [-0.4, -0.2) is 26.1 Å². The minimum absolute atomic E-state index is 0.852. The predicted molar refractivity (Wildman–Crippen MR) is 110 cm³/mol. The van der Waals surface area contributed by atoms with Crippen LogP contribution in [0.25, 0.3) is 16.3 Å². The van der Waals surface area contributed by atoms with Gasteiger partial charge in [-0.3, -0.25) is 0 Å². The van der Waals surface area contributed by atoms with Gasteiger partial charge in [-0.1, -0.05) is 64.5 Å². The van der Waals surface area contributed by atoms with Gasteiger partial charge in [0, 0.05) is 36.6 Å². The second-order valence-electron chi connectivity index (χ2n) is 6.25. The Hall–Kier alpha value is -2.26. The molecule has 0 radical (unpaired) electrons. The van der Waals surface area contributed by atoms with Crippen molar-refractivity contribution in [2.45, 2.75) is 6.42 Å². The summed E-state index contributed by atoms with van der Waals surface area (Å²) in [5.41, 5.74) is 3.78. The van der Waals surface area contributed by atoms with Crippen molar-refractivity contribution in [1.82, 2.24) is 4.90 Å². The van der Waals surface area contributed by atoms with E-state index in [0.717, 1.165) is 22.0 Å². The molecule has 128 valence electrons. The second-order valence-corrected chi connectivity index (χ2v) is 7.10. The molecule has 0 aromatic heterocycles. The number of hydrogen-bond donors (Lipinski definition) is 0. The van der Waals surface area contributed by atoms with Crippen molar-refractivity contribution in [3.63, 3.8) is 0 Å². The van der Waals surface area contributed by atoms with E-state index in [1.807, 2.05) is 6.07 Å². The monoisotopic (exact) mass is 395 g/mol. The first-order valence-corrected chi connectivity index (χ1v) is 9.06. The van der Waals surface area contributed by atoms with Crippen LogP contribution in [0.3, 0.4) is 0 Å². The van der Waals surface area contributed by atoms with E-state index < -0.39 is 0 Å². The van der Waals surface area contributed by atoms with E-state index >= 15 is 0 Å². The molecule has 0 fully saturated rings. The number of allylic oxidation sites excluding steroid dienone is 1. The zero-order chi connectivity index (χ0) is 17.8. The summed E-state index contributed by atoms with van der Waals surface area (Å²) in [6.07, 6.45) is 3.05. The van der Waals surface area contributed by atoms with Crippen LogP contribution < -0.4 is 4.74 Å². The van der Waals surface area contributed by atoms with Gasteiger partial charge in [-0.15, -0.1) is 0 Å². The molecule has 0 aliphatic heterocycles. The van der Waals surface area contributed by atoms with Crippen LogP contribution >= 0.6 is 15.9 Å². The SMILES string of the molecule is COc1ccc(C/C(=C\N(C)C)c2ccccc2Br)c2ccccc12. The standard InChI is InChI=1S/C22H22BrNO/c1-24(2)15-17(19-9-6-7-11-21(19)23)14-16-12-13-22(25-3)20-10-5-4-8-18(16)20/h4-13,15H,14H2,1-3H3/b17-15+. The summed E-state index contributed by atoms with van der Waals surface area (Å²) in [6.45, 7) is 0. The van der Waals surface area contributed by atoms with Crippen molar-refractivity contribution in [1.29, 1.82) is 0 Å². The topological polar surface area (TPSA) is 12.5 Å². The van der Waals surface area contributed by atoms with E-state index in [0.29, 0.717) is 0 Å². The fourth-order valence-electron chi connectivity index (χ4n) is 3.11. The first-order chi connectivity index (χ1) is 12.1. The lowest BCUT2D eigenvalue weighted by Crippen LogP contribution is -2.05. The van der Waals surface area contributed by atoms with Crippen LogP contribution in [0, 0.1) is 0 Å². The number of ether oxygens (including phenoxy) is 1. The van der Waals surface area contributed by atoms with Crippen molar-refractivity contribution in [3.05, 3.63) is 82.5 Å². The molecule has 0 atom stereocenters. The van der Waals surface area contributed by atoms with Gasteiger partial charge in [-0.2, -0.15) is 0 Å². The summed E-state index contributed by atoms with van der Waals surface area (Å²) >= 11 is 3.69. The molecule has 0 saturated carbocycles. The summed E-state index contributed by atoms with van der Waals surface area (Å²) in [7, 11) is 5.84. The van der Waals surface area contributed by atoms with Gasteiger partial charge in [0.05, 0.1) is 7.11 Å². The van der Waals surface area contributed by atoms with E-state index in [2.05, 4.69) is 95.7 Å². The number of nitrogens with zero attached hydrogens (tertiary/aromatic N) is 1. The maximum Gasteiger partial charge on any atom is 0.126 e. The minimum atomic E-state index is 0.852. The van der Waals surface area contributed by atoms with Crippen molar-refractivity contribution < 1.29 is 4.74 Å². The van der Waals surface area contributed by atoms with E-state index in [4.69, 9.17) is 4.74 Å². The Morgan fingerprint density at radius 3 is 2.32 bits per heavy atom.